The van der Waals surface area contributed by atoms with E-state index in [0.717, 1.165) is 16.7 Å². The van der Waals surface area contributed by atoms with Gasteiger partial charge in [0.2, 0.25) is 10.0 Å². The zero-order valence-electron chi connectivity index (χ0n) is 12.2. The number of aromatic nitrogens is 2. The maximum Gasteiger partial charge on any atom is 0.215 e. The highest BCUT2D eigenvalue weighted by Gasteiger charge is 2.11. The molecule has 1 aromatic heterocycles. The van der Waals surface area contributed by atoms with Gasteiger partial charge in [-0.2, -0.15) is 5.10 Å². The van der Waals surface area contributed by atoms with Crippen LogP contribution in [0.3, 0.4) is 0 Å². The summed E-state index contributed by atoms with van der Waals surface area (Å²) in [5.41, 5.74) is 2.89. The van der Waals surface area contributed by atoms with Crippen molar-refractivity contribution in [1.29, 1.82) is 0 Å². The van der Waals surface area contributed by atoms with Crippen molar-refractivity contribution >= 4 is 10.0 Å². The lowest BCUT2D eigenvalue weighted by molar-refractivity contribution is 0.587. The van der Waals surface area contributed by atoms with E-state index in [-0.39, 0.29) is 5.75 Å². The van der Waals surface area contributed by atoms with E-state index in [1.807, 2.05) is 43.7 Å². The Bertz CT molecular complexity index is 695. The maximum atomic E-state index is 11.7. The first-order chi connectivity index (χ1) is 10.00. The summed E-state index contributed by atoms with van der Waals surface area (Å²) in [6.45, 7) is 1.31. The normalized spacial score (nSPS) is 11.7. The first-order valence-electron chi connectivity index (χ1n) is 6.66. The van der Waals surface area contributed by atoms with Gasteiger partial charge in [-0.25, -0.2) is 13.1 Å². The van der Waals surface area contributed by atoms with E-state index in [0.29, 0.717) is 13.1 Å². The number of benzene rings is 1. The molecule has 0 fully saturated rings. The van der Waals surface area contributed by atoms with Gasteiger partial charge in [0.15, 0.2) is 0 Å². The van der Waals surface area contributed by atoms with Crippen molar-refractivity contribution in [2.45, 2.75) is 18.8 Å². The highest BCUT2D eigenvalue weighted by Crippen LogP contribution is 2.12. The monoisotopic (exact) mass is 308 g/mol. The van der Waals surface area contributed by atoms with Crippen molar-refractivity contribution in [1.82, 2.24) is 19.8 Å². The molecule has 0 bridgehead atoms. The molecule has 0 atom stereocenters. The molecule has 114 valence electrons. The smallest absolute Gasteiger partial charge is 0.215 e. The zero-order valence-corrected chi connectivity index (χ0v) is 13.0. The van der Waals surface area contributed by atoms with Crippen LogP contribution in [0, 0.1) is 0 Å². The summed E-state index contributed by atoms with van der Waals surface area (Å²) in [6.07, 6.45) is 3.76. The Hall–Kier alpha value is -1.70. The second-order valence-electron chi connectivity index (χ2n) is 4.86. The van der Waals surface area contributed by atoms with Gasteiger partial charge in [-0.15, -0.1) is 0 Å². The predicted molar refractivity (Wildman–Crippen MR) is 81.9 cm³/mol. The molecule has 0 amide bonds. The van der Waals surface area contributed by atoms with E-state index in [1.54, 1.807) is 4.68 Å². The van der Waals surface area contributed by atoms with Crippen LogP contribution in [0.25, 0.3) is 0 Å². The van der Waals surface area contributed by atoms with Crippen LogP contribution in [0.1, 0.15) is 16.7 Å². The van der Waals surface area contributed by atoms with Gasteiger partial charge < -0.3 is 5.32 Å². The second kappa shape index (κ2) is 6.84. The minimum atomic E-state index is -3.26. The lowest BCUT2D eigenvalue weighted by Crippen LogP contribution is -2.22. The fourth-order valence-corrected chi connectivity index (χ4v) is 2.89. The van der Waals surface area contributed by atoms with Crippen LogP contribution in [-0.2, 0) is 35.9 Å². The van der Waals surface area contributed by atoms with Gasteiger partial charge >= 0.3 is 0 Å². The number of rotatable bonds is 7. The standard InChI is InChI=1S/C14H20N4O2S/c1-15-21(19,20)11-14-6-4-3-5-13(14)9-16-7-12-8-17-18(2)10-12/h3-6,8,10,15-16H,7,9,11H2,1-2H3. The number of aryl methyl sites for hydroxylation is 1. The molecule has 0 saturated carbocycles. The van der Waals surface area contributed by atoms with Crippen molar-refractivity contribution in [3.05, 3.63) is 53.3 Å². The third-order valence-electron chi connectivity index (χ3n) is 3.18. The van der Waals surface area contributed by atoms with E-state index >= 15 is 0 Å². The van der Waals surface area contributed by atoms with Crippen molar-refractivity contribution < 1.29 is 8.42 Å². The minimum Gasteiger partial charge on any atom is -0.308 e. The summed E-state index contributed by atoms with van der Waals surface area (Å²) in [5.74, 6) is -0.00571. The fourth-order valence-electron chi connectivity index (χ4n) is 2.05. The number of nitrogens with zero attached hydrogens (tertiary/aromatic N) is 2. The van der Waals surface area contributed by atoms with E-state index in [2.05, 4.69) is 15.1 Å². The molecular weight excluding hydrogens is 288 g/mol. The molecule has 0 aliphatic rings. The molecule has 2 rings (SSSR count). The molecule has 0 unspecified atom stereocenters. The van der Waals surface area contributed by atoms with Crippen LogP contribution >= 0.6 is 0 Å². The molecular formula is C14H20N4O2S. The molecule has 0 radical (unpaired) electrons. The Balaban J connectivity index is 2.00. The summed E-state index contributed by atoms with van der Waals surface area (Å²) >= 11 is 0. The molecule has 21 heavy (non-hydrogen) atoms. The molecule has 2 N–H and O–H groups in total. The molecule has 1 heterocycles. The Morgan fingerprint density at radius 1 is 1.19 bits per heavy atom. The number of nitrogens with one attached hydrogen (secondary N) is 2. The van der Waals surface area contributed by atoms with Crippen LogP contribution in [-0.4, -0.2) is 25.2 Å². The highest BCUT2D eigenvalue weighted by atomic mass is 32.2. The van der Waals surface area contributed by atoms with Crippen molar-refractivity contribution in [2.75, 3.05) is 7.05 Å². The highest BCUT2D eigenvalue weighted by molar-refractivity contribution is 7.88. The zero-order chi connectivity index (χ0) is 15.3. The third-order valence-corrected chi connectivity index (χ3v) is 4.49. The van der Waals surface area contributed by atoms with Gasteiger partial charge in [0.1, 0.15) is 0 Å². The summed E-state index contributed by atoms with van der Waals surface area (Å²) < 4.78 is 27.4. The Morgan fingerprint density at radius 2 is 1.90 bits per heavy atom. The lowest BCUT2D eigenvalue weighted by Gasteiger charge is -2.10. The van der Waals surface area contributed by atoms with Crippen LogP contribution < -0.4 is 10.0 Å². The molecule has 0 aliphatic heterocycles. The maximum absolute atomic E-state index is 11.7. The summed E-state index contributed by atoms with van der Waals surface area (Å²) in [5, 5.41) is 7.42. The number of hydrogen-bond donors (Lipinski definition) is 2. The predicted octanol–water partition coefficient (Wildman–Crippen LogP) is 0.759. The second-order valence-corrected chi connectivity index (χ2v) is 6.78. The van der Waals surface area contributed by atoms with Crippen molar-refractivity contribution in [2.24, 2.45) is 7.05 Å². The van der Waals surface area contributed by atoms with Crippen molar-refractivity contribution in [3.63, 3.8) is 0 Å². The molecule has 1 aromatic carbocycles. The number of sulfonamides is 1. The van der Waals surface area contributed by atoms with Gasteiger partial charge in [-0.1, -0.05) is 24.3 Å². The number of hydrogen-bond acceptors (Lipinski definition) is 4. The van der Waals surface area contributed by atoms with Crippen molar-refractivity contribution in [3.8, 4) is 0 Å². The molecule has 0 spiro atoms. The third kappa shape index (κ3) is 4.66. The Labute approximate surface area is 125 Å². The van der Waals surface area contributed by atoms with Gasteiger partial charge in [0.25, 0.3) is 0 Å². The fraction of sp³-hybridized carbons (Fsp3) is 0.357. The summed E-state index contributed by atoms with van der Waals surface area (Å²) in [6, 6.07) is 7.55. The van der Waals surface area contributed by atoms with Crippen LogP contribution in [0.5, 0.6) is 0 Å². The first kappa shape index (κ1) is 15.7. The molecule has 2 aromatic rings. The summed E-state index contributed by atoms with van der Waals surface area (Å²) in [4.78, 5) is 0. The van der Waals surface area contributed by atoms with E-state index in [4.69, 9.17) is 0 Å². The molecule has 0 aliphatic carbocycles. The van der Waals surface area contributed by atoms with Crippen LogP contribution in [0.15, 0.2) is 36.7 Å². The topological polar surface area (TPSA) is 76.0 Å². The average Bonchev–Trinajstić information content (AvgIpc) is 2.86. The molecule has 7 heteroatoms. The van der Waals surface area contributed by atoms with Gasteiger partial charge in [-0.3, -0.25) is 4.68 Å². The summed E-state index contributed by atoms with van der Waals surface area (Å²) in [7, 11) is 0.0455. The van der Waals surface area contributed by atoms with Gasteiger partial charge in [0.05, 0.1) is 11.9 Å². The van der Waals surface area contributed by atoms with E-state index < -0.39 is 10.0 Å². The molecule has 6 nitrogen and oxygen atoms in total. The van der Waals surface area contributed by atoms with Crippen LogP contribution in [0.2, 0.25) is 0 Å². The van der Waals surface area contributed by atoms with Crippen LogP contribution in [0.4, 0.5) is 0 Å². The van der Waals surface area contributed by atoms with Gasteiger partial charge in [-0.05, 0) is 18.2 Å². The van der Waals surface area contributed by atoms with E-state index in [9.17, 15) is 8.42 Å². The SMILES string of the molecule is CNS(=O)(=O)Cc1ccccc1CNCc1cnn(C)c1. The largest absolute Gasteiger partial charge is 0.308 e. The van der Waals surface area contributed by atoms with Gasteiger partial charge in [0, 0.05) is 31.9 Å². The first-order valence-corrected chi connectivity index (χ1v) is 8.31. The Morgan fingerprint density at radius 3 is 2.52 bits per heavy atom. The average molecular weight is 308 g/mol. The lowest BCUT2D eigenvalue weighted by atomic mass is 10.1. The Kier molecular flexibility index (Phi) is 5.11. The van der Waals surface area contributed by atoms with E-state index in [1.165, 1.54) is 7.05 Å². The quantitative estimate of drug-likeness (QED) is 0.792. The minimum absolute atomic E-state index is 0.00571. The molecule has 0 saturated heterocycles.